The molecular weight excluding hydrogens is 606 g/mol. The molecular formula is C39H46BFN2O5. The molecule has 0 radical (unpaired) electrons. The lowest BCUT2D eigenvalue weighted by molar-refractivity contribution is -0.157. The van der Waals surface area contributed by atoms with E-state index in [4.69, 9.17) is 14.0 Å². The monoisotopic (exact) mass is 652 g/mol. The van der Waals surface area contributed by atoms with Crippen molar-refractivity contribution in [2.75, 3.05) is 5.32 Å². The van der Waals surface area contributed by atoms with Crippen LogP contribution in [-0.2, 0) is 25.4 Å². The second-order valence-corrected chi connectivity index (χ2v) is 13.7. The van der Waals surface area contributed by atoms with Gasteiger partial charge in [0.2, 0.25) is 0 Å². The van der Waals surface area contributed by atoms with Crippen LogP contribution in [0.2, 0.25) is 6.32 Å². The van der Waals surface area contributed by atoms with Crippen molar-refractivity contribution >= 4 is 24.7 Å². The summed E-state index contributed by atoms with van der Waals surface area (Å²) in [5, 5.41) is 3.13. The first-order valence-electron chi connectivity index (χ1n) is 16.9. The zero-order chi connectivity index (χ0) is 34.4. The van der Waals surface area contributed by atoms with Crippen molar-refractivity contribution in [2.24, 2.45) is 0 Å². The molecule has 1 aliphatic heterocycles. The van der Waals surface area contributed by atoms with Crippen LogP contribution in [0.15, 0.2) is 84.9 Å². The van der Waals surface area contributed by atoms with Crippen molar-refractivity contribution in [3.05, 3.63) is 102 Å². The average molecular weight is 653 g/mol. The number of aromatic nitrogens is 1. The van der Waals surface area contributed by atoms with Gasteiger partial charge in [-0.1, -0.05) is 69.3 Å². The van der Waals surface area contributed by atoms with Crippen LogP contribution in [0.1, 0.15) is 82.8 Å². The van der Waals surface area contributed by atoms with E-state index in [0.29, 0.717) is 37.0 Å². The smallest absolute Gasteiger partial charge is 0.456 e. The highest BCUT2D eigenvalue weighted by atomic mass is 19.1. The van der Waals surface area contributed by atoms with Crippen molar-refractivity contribution < 1.29 is 28.0 Å². The van der Waals surface area contributed by atoms with Crippen molar-refractivity contribution in [2.45, 2.75) is 97.4 Å². The lowest BCUT2D eigenvalue weighted by Crippen LogP contribution is -2.42. The van der Waals surface area contributed by atoms with Gasteiger partial charge in [0.1, 0.15) is 11.4 Å². The fraction of sp³-hybridized carbons (Fsp3) is 0.385. The predicted molar refractivity (Wildman–Crippen MR) is 189 cm³/mol. The van der Waals surface area contributed by atoms with Gasteiger partial charge in [0.05, 0.1) is 23.8 Å². The Bertz CT molecular complexity index is 1680. The Kier molecular flexibility index (Phi) is 11.2. The largest absolute Gasteiger partial charge is 0.460 e. The maximum absolute atomic E-state index is 14.3. The molecule has 0 saturated carbocycles. The minimum Gasteiger partial charge on any atom is -0.460 e. The SMILES string of the molecule is CCB1OC(CCn2c(-c3ccc(F)cc3)c(-c3ccccc3)c(C(=O)Nc3ccccc3)c2C(C)C)CC(CC(=O)OC(C)(C)C)O1. The molecule has 0 spiro atoms. The molecule has 5 rings (SSSR count). The van der Waals surface area contributed by atoms with Crippen molar-refractivity contribution in [3.8, 4) is 22.4 Å². The summed E-state index contributed by atoms with van der Waals surface area (Å²) in [5.74, 6) is -0.870. The molecule has 1 aliphatic rings. The molecule has 1 saturated heterocycles. The Morgan fingerprint density at radius 1 is 0.938 bits per heavy atom. The fourth-order valence-corrected chi connectivity index (χ4v) is 6.43. The summed E-state index contributed by atoms with van der Waals surface area (Å²) in [6.45, 7) is 12.3. The van der Waals surface area contributed by atoms with Crippen LogP contribution in [0.3, 0.4) is 0 Å². The number of carbonyl (C=O) groups is 2. The van der Waals surface area contributed by atoms with E-state index in [2.05, 4.69) is 23.7 Å². The van der Waals surface area contributed by atoms with Crippen LogP contribution in [0.5, 0.6) is 0 Å². The van der Waals surface area contributed by atoms with E-state index in [9.17, 15) is 14.0 Å². The molecule has 0 bridgehead atoms. The summed E-state index contributed by atoms with van der Waals surface area (Å²) in [4.78, 5) is 27.1. The summed E-state index contributed by atoms with van der Waals surface area (Å²) < 4.78 is 34.5. The van der Waals surface area contributed by atoms with E-state index in [1.165, 1.54) is 12.1 Å². The number of ether oxygens (including phenoxy) is 1. The summed E-state index contributed by atoms with van der Waals surface area (Å²) in [5.41, 5.74) is 4.91. The Morgan fingerprint density at radius 3 is 2.17 bits per heavy atom. The summed E-state index contributed by atoms with van der Waals surface area (Å²) >= 11 is 0. The van der Waals surface area contributed by atoms with Gasteiger partial charge >= 0.3 is 13.1 Å². The lowest BCUT2D eigenvalue weighted by atomic mass is 9.82. The van der Waals surface area contributed by atoms with Crippen LogP contribution in [0, 0.1) is 5.82 Å². The number of para-hydroxylation sites is 1. The van der Waals surface area contributed by atoms with Crippen molar-refractivity contribution in [1.29, 1.82) is 0 Å². The number of amides is 1. The Morgan fingerprint density at radius 2 is 1.56 bits per heavy atom. The number of carbonyl (C=O) groups excluding carboxylic acids is 2. The molecule has 252 valence electrons. The number of nitrogens with one attached hydrogen (secondary N) is 1. The van der Waals surface area contributed by atoms with Crippen LogP contribution in [0.4, 0.5) is 10.1 Å². The van der Waals surface area contributed by atoms with Crippen molar-refractivity contribution in [1.82, 2.24) is 4.57 Å². The standard InChI is InChI=1S/C39H46BFN2O5/c1-7-40-47-31(24-32(48-40)25-33(44)46-39(4,5)6)22-23-43-36(26(2)3)35(38(45)42-30-16-12-9-13-17-30)34(27-14-10-8-11-15-27)37(43)28-18-20-29(41)21-19-28/h8-21,26,31-32H,7,22-25H2,1-6H3,(H,42,45). The van der Waals surface area contributed by atoms with E-state index in [1.807, 2.05) is 88.4 Å². The molecule has 7 nitrogen and oxygen atoms in total. The maximum Gasteiger partial charge on any atom is 0.456 e. The number of hydrogen-bond acceptors (Lipinski definition) is 5. The predicted octanol–water partition coefficient (Wildman–Crippen LogP) is 9.14. The van der Waals surface area contributed by atoms with Gasteiger partial charge in [-0.25, -0.2) is 4.39 Å². The number of rotatable bonds is 11. The van der Waals surface area contributed by atoms with E-state index in [1.54, 1.807) is 12.1 Å². The Hall–Kier alpha value is -4.21. The molecule has 48 heavy (non-hydrogen) atoms. The third kappa shape index (κ3) is 8.63. The molecule has 1 fully saturated rings. The first kappa shape index (κ1) is 35.1. The van der Waals surface area contributed by atoms with Gasteiger partial charge in [-0.3, -0.25) is 9.59 Å². The third-order valence-corrected chi connectivity index (χ3v) is 8.33. The Balaban J connectivity index is 1.58. The van der Waals surface area contributed by atoms with E-state index in [-0.39, 0.29) is 42.2 Å². The average Bonchev–Trinajstić information content (AvgIpc) is 3.39. The molecule has 1 aromatic heterocycles. The number of esters is 1. The maximum atomic E-state index is 14.3. The quantitative estimate of drug-likeness (QED) is 0.129. The number of anilines is 1. The summed E-state index contributed by atoms with van der Waals surface area (Å²) in [6.07, 6.45) is 1.42. The first-order valence-corrected chi connectivity index (χ1v) is 16.9. The van der Waals surface area contributed by atoms with Crippen LogP contribution in [0.25, 0.3) is 22.4 Å². The minimum atomic E-state index is -0.578. The highest BCUT2D eigenvalue weighted by Crippen LogP contribution is 2.43. The topological polar surface area (TPSA) is 78.8 Å². The molecule has 2 unspecified atom stereocenters. The van der Waals surface area contributed by atoms with Gasteiger partial charge in [-0.15, -0.1) is 0 Å². The van der Waals surface area contributed by atoms with Gasteiger partial charge in [-0.2, -0.15) is 0 Å². The highest BCUT2D eigenvalue weighted by molar-refractivity contribution is 6.44. The summed E-state index contributed by atoms with van der Waals surface area (Å²) in [6, 6.07) is 25.7. The fourth-order valence-electron chi connectivity index (χ4n) is 6.43. The van der Waals surface area contributed by atoms with Crippen LogP contribution in [-0.4, -0.2) is 41.4 Å². The molecule has 1 amide bonds. The number of benzene rings is 3. The Labute approximate surface area is 283 Å². The van der Waals surface area contributed by atoms with Gasteiger partial charge in [0, 0.05) is 29.6 Å². The number of halogens is 1. The minimum absolute atomic E-state index is 0.0305. The van der Waals surface area contributed by atoms with Crippen LogP contribution >= 0.6 is 0 Å². The number of hydrogen-bond donors (Lipinski definition) is 1. The lowest BCUT2D eigenvalue weighted by Gasteiger charge is -2.34. The zero-order valence-electron chi connectivity index (χ0n) is 28.8. The third-order valence-electron chi connectivity index (χ3n) is 8.33. The van der Waals surface area contributed by atoms with Gasteiger partial charge in [-0.05, 0) is 93.4 Å². The van der Waals surface area contributed by atoms with Gasteiger partial charge in [0.25, 0.3) is 5.91 Å². The van der Waals surface area contributed by atoms with Gasteiger partial charge < -0.3 is 23.9 Å². The van der Waals surface area contributed by atoms with E-state index in [0.717, 1.165) is 28.1 Å². The second-order valence-electron chi connectivity index (χ2n) is 13.7. The van der Waals surface area contributed by atoms with Gasteiger partial charge in [0.15, 0.2) is 0 Å². The van der Waals surface area contributed by atoms with E-state index >= 15 is 0 Å². The van der Waals surface area contributed by atoms with Crippen molar-refractivity contribution in [3.63, 3.8) is 0 Å². The molecule has 2 heterocycles. The molecule has 9 heteroatoms. The normalized spacial score (nSPS) is 16.6. The molecule has 0 aliphatic carbocycles. The molecule has 2 atom stereocenters. The number of nitrogens with zero attached hydrogens (tertiary/aromatic N) is 1. The second kappa shape index (κ2) is 15.3. The summed E-state index contributed by atoms with van der Waals surface area (Å²) in [7, 11) is -0.436. The van der Waals surface area contributed by atoms with E-state index < -0.39 is 12.7 Å². The molecule has 3 aromatic carbocycles. The molecule has 1 N–H and O–H groups in total. The zero-order valence-corrected chi connectivity index (χ0v) is 28.8. The first-order chi connectivity index (χ1) is 22.9. The highest BCUT2D eigenvalue weighted by Gasteiger charge is 2.36. The van der Waals surface area contributed by atoms with Crippen LogP contribution < -0.4 is 5.32 Å². The molecule has 4 aromatic rings.